The molecule has 0 bridgehead atoms. The van der Waals surface area contributed by atoms with E-state index in [0.717, 1.165) is 46.5 Å². The maximum atomic E-state index is 13.8. The zero-order chi connectivity index (χ0) is 38.3. The van der Waals surface area contributed by atoms with Crippen LogP contribution >= 0.6 is 0 Å². The van der Waals surface area contributed by atoms with Crippen molar-refractivity contribution < 1.29 is 73.6 Å². The topological polar surface area (TPSA) is 0 Å². The average Bonchev–Trinajstić information content (AvgIpc) is 3.54. The van der Waals surface area contributed by atoms with Gasteiger partial charge in [-0.2, -0.15) is 0 Å². The fourth-order valence-electron chi connectivity index (χ4n) is 7.55. The van der Waals surface area contributed by atoms with E-state index in [9.17, 15) is 52.7 Å². The summed E-state index contributed by atoms with van der Waals surface area (Å²) < 4.78 is 165. The van der Waals surface area contributed by atoms with Gasteiger partial charge in [-0.25, -0.2) is 0 Å². The van der Waals surface area contributed by atoms with Crippen LogP contribution in [0, 0.1) is 0 Å². The summed E-state index contributed by atoms with van der Waals surface area (Å²) in [5.74, 6) is -1.57. The Balaban J connectivity index is 1.48. The molecule has 2 aliphatic carbocycles. The Hall–Kier alpha value is -3.38. The zero-order valence-corrected chi connectivity index (χ0v) is 31.5. The van der Waals surface area contributed by atoms with Gasteiger partial charge in [0.15, 0.2) is 0 Å². The molecule has 6 rings (SSSR count). The summed E-state index contributed by atoms with van der Waals surface area (Å²) in [6.07, 6.45) is -16.4. The third-order valence-electron chi connectivity index (χ3n) is 9.69. The van der Waals surface area contributed by atoms with Gasteiger partial charge in [0.25, 0.3) is 0 Å². The van der Waals surface area contributed by atoms with Crippen molar-refractivity contribution in [2.45, 2.75) is 58.9 Å². The van der Waals surface area contributed by atoms with Gasteiger partial charge in [0.2, 0.25) is 0 Å². The Morgan fingerprint density at radius 1 is 0.481 bits per heavy atom. The standard InChI is InChI=1S/2C18H11F6.C2H7Si.Zr/c2*1-10-5-11-3-2-4-15(16(11)6-10)12-7-13(17(19,20)21)9-14(8-12)18(22,23)24;1-3-2;/h2*2-9H,1H3;3H,1-2H3;. The van der Waals surface area contributed by atoms with Crippen molar-refractivity contribution >= 4 is 18.1 Å². The Labute approximate surface area is 300 Å². The Morgan fingerprint density at radius 3 is 1.06 bits per heavy atom. The van der Waals surface area contributed by atoms with E-state index in [2.05, 4.69) is 13.1 Å². The monoisotopic (exact) mass is 831 g/mol. The molecule has 4 aromatic carbocycles. The minimum absolute atomic E-state index is 0.0942. The maximum absolute atomic E-state index is 13.8. The molecule has 0 amide bonds. The first kappa shape index (κ1) is 38.3. The number of hydrogen-bond acceptors (Lipinski definition) is 0. The number of fused-ring (bicyclic) bond motifs is 2. The second kappa shape index (κ2) is 13.2. The number of halogens is 12. The van der Waals surface area contributed by atoms with Crippen LogP contribution in [0.3, 0.4) is 0 Å². The Kier molecular flexibility index (Phi) is 9.72. The molecule has 52 heavy (non-hydrogen) atoms. The minimum atomic E-state index is -5.02. The normalized spacial score (nSPS) is 17.6. The van der Waals surface area contributed by atoms with Crippen molar-refractivity contribution in [1.82, 2.24) is 0 Å². The van der Waals surface area contributed by atoms with E-state index < -0.39 is 73.8 Å². The number of benzene rings is 4. The van der Waals surface area contributed by atoms with Crippen LogP contribution in [0.5, 0.6) is 0 Å². The van der Waals surface area contributed by atoms with Crippen molar-refractivity contribution in [3.63, 3.8) is 0 Å². The van der Waals surface area contributed by atoms with Gasteiger partial charge < -0.3 is 0 Å². The second-order valence-corrected chi connectivity index (χ2v) is 33.6. The number of rotatable bonds is 5. The predicted octanol–water partition coefficient (Wildman–Crippen LogP) is 13.3. The van der Waals surface area contributed by atoms with Crippen LogP contribution in [-0.2, 0) is 45.6 Å². The predicted molar refractivity (Wildman–Crippen MR) is 175 cm³/mol. The van der Waals surface area contributed by atoms with Gasteiger partial charge in [-0.15, -0.1) is 0 Å². The number of hydrogen-bond donors (Lipinski definition) is 0. The summed E-state index contributed by atoms with van der Waals surface area (Å²) in [4.78, 5) is 0. The molecule has 0 aliphatic heterocycles. The van der Waals surface area contributed by atoms with Crippen molar-refractivity contribution in [2.75, 3.05) is 0 Å². The van der Waals surface area contributed by atoms with Gasteiger partial charge >= 0.3 is 301 Å². The molecule has 2 aliphatic rings. The molecule has 0 nitrogen and oxygen atoms in total. The van der Waals surface area contributed by atoms with Gasteiger partial charge in [0.05, 0.1) is 0 Å². The van der Waals surface area contributed by atoms with Crippen LogP contribution in [0.25, 0.3) is 34.4 Å². The molecule has 0 fully saturated rings. The third-order valence-corrected chi connectivity index (χ3v) is 31.8. The van der Waals surface area contributed by atoms with E-state index >= 15 is 0 Å². The van der Waals surface area contributed by atoms with Crippen molar-refractivity contribution in [1.29, 1.82) is 0 Å². The van der Waals surface area contributed by atoms with E-state index in [4.69, 9.17) is 0 Å². The molecule has 4 aromatic rings. The van der Waals surface area contributed by atoms with Gasteiger partial charge in [0, 0.05) is 0 Å². The summed E-state index contributed by atoms with van der Waals surface area (Å²) in [5.41, 5.74) is -1.10. The number of allylic oxidation sites excluding steroid dienone is 2. The van der Waals surface area contributed by atoms with Gasteiger partial charge in [0.1, 0.15) is 0 Å². The van der Waals surface area contributed by atoms with E-state index in [0.29, 0.717) is 11.1 Å². The molecule has 2 unspecified atom stereocenters. The Morgan fingerprint density at radius 2 is 0.788 bits per heavy atom. The molecule has 0 radical (unpaired) electrons. The van der Waals surface area contributed by atoms with Crippen LogP contribution in [-0.4, -0.2) is 5.92 Å². The van der Waals surface area contributed by atoms with Crippen LogP contribution in [0.4, 0.5) is 52.7 Å². The summed E-state index contributed by atoms with van der Waals surface area (Å²) in [6, 6.07) is 13.0. The second-order valence-electron chi connectivity index (χ2n) is 13.5. The SMILES string of the molecule is CC1=Cc2c(-c3cc(C(F)(F)F)cc(C(F)(F)F)c3)cccc2[CH]1[Zr]([CH]1C(C)=Cc2c(-c3cc(C(F)(F)F)cc(C(F)(F)F)c3)cccc21)[SiH](C)C. The van der Waals surface area contributed by atoms with Gasteiger partial charge in [-0.3, -0.25) is 0 Å². The Bertz CT molecular complexity index is 1900. The van der Waals surface area contributed by atoms with Gasteiger partial charge in [-0.05, 0) is 0 Å². The molecule has 2 atom stereocenters. The van der Waals surface area contributed by atoms with E-state index in [1.165, 1.54) is 12.1 Å². The van der Waals surface area contributed by atoms with Crippen molar-refractivity contribution in [2.24, 2.45) is 0 Å². The van der Waals surface area contributed by atoms with Crippen LogP contribution in [0.2, 0.25) is 13.1 Å². The fraction of sp³-hybridized carbons (Fsp3) is 0.263. The van der Waals surface area contributed by atoms with Crippen LogP contribution in [0.15, 0.2) is 83.9 Å². The third kappa shape index (κ3) is 7.13. The molecule has 0 spiro atoms. The van der Waals surface area contributed by atoms with Gasteiger partial charge in [-0.1, -0.05) is 0 Å². The molecule has 273 valence electrons. The summed E-state index contributed by atoms with van der Waals surface area (Å²) in [7, 11) is 0. The number of alkyl halides is 12. The van der Waals surface area contributed by atoms with Crippen LogP contribution < -0.4 is 0 Å². The first-order valence-electron chi connectivity index (χ1n) is 16.1. The summed E-state index contributed by atoms with van der Waals surface area (Å²) >= 11 is -2.91. The molecule has 0 N–H and O–H groups in total. The summed E-state index contributed by atoms with van der Waals surface area (Å²) in [5, 5.41) is 0. The van der Waals surface area contributed by atoms with Crippen molar-refractivity contribution in [3.05, 3.63) is 128 Å². The molecular weight excluding hydrogens is 804 g/mol. The van der Waals surface area contributed by atoms with E-state index in [1.807, 2.05) is 38.1 Å². The van der Waals surface area contributed by atoms with E-state index in [-0.39, 0.29) is 41.6 Å². The molecule has 14 heteroatoms. The van der Waals surface area contributed by atoms with Crippen molar-refractivity contribution in [3.8, 4) is 22.3 Å². The molecule has 0 saturated heterocycles. The first-order valence-corrected chi connectivity index (χ1v) is 26.0. The van der Waals surface area contributed by atoms with Crippen LogP contribution in [0.1, 0.15) is 65.6 Å². The first-order chi connectivity index (χ1) is 24.0. The quantitative estimate of drug-likeness (QED) is 0.139. The zero-order valence-electron chi connectivity index (χ0n) is 27.9. The molecule has 0 aromatic heterocycles. The van der Waals surface area contributed by atoms with E-state index in [1.54, 1.807) is 12.1 Å². The average molecular weight is 833 g/mol. The summed E-state index contributed by atoms with van der Waals surface area (Å²) in [6.45, 7) is 8.16. The fourth-order valence-corrected chi connectivity index (χ4v) is 30.8. The molecule has 0 heterocycles. The molecule has 0 saturated carbocycles. The molecular formula is C38H29F12SiZr.